The number of halogens is 4. The quantitative estimate of drug-likeness (QED) is 0.541. The monoisotopic (exact) mass is 440 g/mol. The Morgan fingerprint density at radius 2 is 2.03 bits per heavy atom. The maximum atomic E-state index is 13.4. The number of anilines is 1. The molecule has 1 fully saturated rings. The Bertz CT molecular complexity index is 1110. The molecule has 11 heteroatoms. The molecule has 7 nitrogen and oxygen atoms in total. The average Bonchev–Trinajstić information content (AvgIpc) is 3.27. The standard InChI is InChI=1S/C18H16Cl2F2N6O/c19-10-4-13(22)12(21)3-9(10)17(29)25-6-18(23)1-2-28(7-18)16-14-11(20)5-24-15(14)26-8-27-16/h3-5,8H,1-2,6-7,23H2,(H,25,29)(H,24,26,27)/t18-/m0/s1. The van der Waals surface area contributed by atoms with Crippen LogP contribution in [0.25, 0.3) is 11.0 Å². The highest BCUT2D eigenvalue weighted by Crippen LogP contribution is 2.33. The minimum atomic E-state index is -1.15. The van der Waals surface area contributed by atoms with Gasteiger partial charge in [-0.15, -0.1) is 0 Å². The Balaban J connectivity index is 1.47. The minimum Gasteiger partial charge on any atom is -0.354 e. The fraction of sp³-hybridized carbons (Fsp3) is 0.278. The van der Waals surface area contributed by atoms with Crippen LogP contribution in [0.1, 0.15) is 16.8 Å². The summed E-state index contributed by atoms with van der Waals surface area (Å²) in [6, 6.07) is 1.53. The number of hydrogen-bond donors (Lipinski definition) is 3. The number of nitrogens with one attached hydrogen (secondary N) is 2. The van der Waals surface area contributed by atoms with Crippen molar-refractivity contribution < 1.29 is 13.6 Å². The smallest absolute Gasteiger partial charge is 0.252 e. The van der Waals surface area contributed by atoms with E-state index in [1.54, 1.807) is 6.20 Å². The summed E-state index contributed by atoms with van der Waals surface area (Å²) < 4.78 is 26.6. The number of amides is 1. The van der Waals surface area contributed by atoms with Gasteiger partial charge < -0.3 is 20.9 Å². The lowest BCUT2D eigenvalue weighted by Crippen LogP contribution is -2.52. The van der Waals surface area contributed by atoms with E-state index in [1.807, 2.05) is 4.90 Å². The fourth-order valence-electron chi connectivity index (χ4n) is 3.42. The Morgan fingerprint density at radius 3 is 2.83 bits per heavy atom. The molecule has 1 saturated heterocycles. The number of fused-ring (bicyclic) bond motifs is 1. The molecule has 29 heavy (non-hydrogen) atoms. The van der Waals surface area contributed by atoms with E-state index in [2.05, 4.69) is 20.3 Å². The molecule has 1 aliphatic rings. The second kappa shape index (κ2) is 7.40. The average molecular weight is 441 g/mol. The van der Waals surface area contributed by atoms with Gasteiger partial charge in [-0.05, 0) is 18.6 Å². The van der Waals surface area contributed by atoms with E-state index in [0.29, 0.717) is 41.4 Å². The molecule has 0 bridgehead atoms. The van der Waals surface area contributed by atoms with Crippen LogP contribution in [0.15, 0.2) is 24.7 Å². The van der Waals surface area contributed by atoms with Crippen LogP contribution in [0.2, 0.25) is 10.0 Å². The summed E-state index contributed by atoms with van der Waals surface area (Å²) in [6.07, 6.45) is 3.65. The molecule has 0 saturated carbocycles. The first-order chi connectivity index (χ1) is 13.8. The molecule has 1 aromatic carbocycles. The number of benzene rings is 1. The van der Waals surface area contributed by atoms with Crippen LogP contribution in [0, 0.1) is 11.6 Å². The van der Waals surface area contributed by atoms with Gasteiger partial charge in [0.05, 0.1) is 26.5 Å². The highest BCUT2D eigenvalue weighted by Gasteiger charge is 2.36. The van der Waals surface area contributed by atoms with Gasteiger partial charge in [0.15, 0.2) is 11.6 Å². The highest BCUT2D eigenvalue weighted by atomic mass is 35.5. The Kier molecular flexibility index (Phi) is 5.05. The molecule has 3 aromatic rings. The van der Waals surface area contributed by atoms with Crippen LogP contribution in [0.4, 0.5) is 14.6 Å². The van der Waals surface area contributed by atoms with Gasteiger partial charge in [0.2, 0.25) is 0 Å². The molecule has 1 aliphatic heterocycles. The van der Waals surface area contributed by atoms with E-state index in [9.17, 15) is 13.6 Å². The van der Waals surface area contributed by atoms with Crippen molar-refractivity contribution in [1.82, 2.24) is 20.3 Å². The molecule has 3 heterocycles. The van der Waals surface area contributed by atoms with Crippen LogP contribution in [0.3, 0.4) is 0 Å². The van der Waals surface area contributed by atoms with Crippen molar-refractivity contribution >= 4 is 46.0 Å². The predicted octanol–water partition coefficient (Wildman–Crippen LogP) is 2.88. The normalized spacial score (nSPS) is 19.1. The zero-order valence-corrected chi connectivity index (χ0v) is 16.5. The van der Waals surface area contributed by atoms with Crippen molar-refractivity contribution in [3.63, 3.8) is 0 Å². The lowest BCUT2D eigenvalue weighted by molar-refractivity contribution is 0.0944. The van der Waals surface area contributed by atoms with Gasteiger partial charge in [-0.1, -0.05) is 23.2 Å². The number of aromatic nitrogens is 3. The van der Waals surface area contributed by atoms with E-state index >= 15 is 0 Å². The van der Waals surface area contributed by atoms with E-state index in [1.165, 1.54) is 6.33 Å². The number of rotatable bonds is 4. The number of H-pyrrole nitrogens is 1. The summed E-state index contributed by atoms with van der Waals surface area (Å²) in [6.45, 7) is 1.13. The maximum absolute atomic E-state index is 13.4. The third-order valence-corrected chi connectivity index (χ3v) is 5.55. The minimum absolute atomic E-state index is 0.118. The second-order valence-corrected chi connectivity index (χ2v) is 7.83. The molecule has 1 atom stereocenters. The largest absolute Gasteiger partial charge is 0.354 e. The SMILES string of the molecule is N[C@]1(CNC(=O)c2cc(F)c(F)cc2Cl)CCN(c2ncnc3[nH]cc(Cl)c23)C1. The molecule has 0 unspecified atom stereocenters. The molecule has 152 valence electrons. The zero-order valence-electron chi connectivity index (χ0n) is 15.0. The molecular formula is C18H16Cl2F2N6O. The Hall–Kier alpha value is -2.49. The number of aromatic amines is 1. The van der Waals surface area contributed by atoms with Gasteiger partial charge in [-0.25, -0.2) is 18.7 Å². The predicted molar refractivity (Wildman–Crippen MR) is 106 cm³/mol. The topological polar surface area (TPSA) is 99.9 Å². The first kappa shape index (κ1) is 19.8. The summed E-state index contributed by atoms with van der Waals surface area (Å²) in [4.78, 5) is 25.8. The number of nitrogens with two attached hydrogens (primary N) is 1. The molecule has 0 aliphatic carbocycles. The first-order valence-electron chi connectivity index (χ1n) is 8.71. The summed E-state index contributed by atoms with van der Waals surface area (Å²) in [7, 11) is 0. The number of nitrogens with zero attached hydrogens (tertiary/aromatic N) is 3. The van der Waals surface area contributed by atoms with E-state index < -0.39 is 23.1 Å². The van der Waals surface area contributed by atoms with E-state index in [4.69, 9.17) is 28.9 Å². The van der Waals surface area contributed by atoms with Crippen molar-refractivity contribution in [1.29, 1.82) is 0 Å². The van der Waals surface area contributed by atoms with Crippen molar-refractivity contribution in [3.05, 3.63) is 51.9 Å². The second-order valence-electron chi connectivity index (χ2n) is 7.02. The van der Waals surface area contributed by atoms with Crippen LogP contribution >= 0.6 is 23.2 Å². The van der Waals surface area contributed by atoms with Crippen molar-refractivity contribution in [3.8, 4) is 0 Å². The number of hydrogen-bond acceptors (Lipinski definition) is 5. The van der Waals surface area contributed by atoms with Gasteiger partial charge >= 0.3 is 0 Å². The summed E-state index contributed by atoms with van der Waals surface area (Å²) in [5.41, 5.74) is 6.17. The van der Waals surface area contributed by atoms with Crippen LogP contribution in [0.5, 0.6) is 0 Å². The number of carbonyl (C=O) groups is 1. The molecule has 0 radical (unpaired) electrons. The summed E-state index contributed by atoms with van der Waals surface area (Å²) in [5, 5.41) is 3.69. The van der Waals surface area contributed by atoms with Crippen LogP contribution in [-0.4, -0.2) is 46.0 Å². The third kappa shape index (κ3) is 3.73. The van der Waals surface area contributed by atoms with Gasteiger partial charge in [-0.2, -0.15) is 0 Å². The van der Waals surface area contributed by atoms with Crippen LogP contribution in [-0.2, 0) is 0 Å². The number of carbonyl (C=O) groups excluding carboxylic acids is 1. The molecule has 0 spiro atoms. The van der Waals surface area contributed by atoms with Crippen molar-refractivity contribution in [2.24, 2.45) is 5.73 Å². The lowest BCUT2D eigenvalue weighted by Gasteiger charge is -2.25. The molecule has 4 N–H and O–H groups in total. The van der Waals surface area contributed by atoms with Crippen molar-refractivity contribution in [2.75, 3.05) is 24.5 Å². The van der Waals surface area contributed by atoms with E-state index in [-0.39, 0.29) is 17.1 Å². The zero-order chi connectivity index (χ0) is 20.8. The maximum Gasteiger partial charge on any atom is 0.252 e. The summed E-state index contributed by atoms with van der Waals surface area (Å²) in [5.74, 6) is -2.24. The Labute approximate surface area is 174 Å². The molecular weight excluding hydrogens is 425 g/mol. The third-order valence-electron chi connectivity index (χ3n) is 4.94. The molecule has 2 aromatic heterocycles. The summed E-state index contributed by atoms with van der Waals surface area (Å²) >= 11 is 12.1. The van der Waals surface area contributed by atoms with Gasteiger partial charge in [-0.3, -0.25) is 4.79 Å². The van der Waals surface area contributed by atoms with Crippen LogP contribution < -0.4 is 16.0 Å². The fourth-order valence-corrected chi connectivity index (χ4v) is 3.88. The van der Waals surface area contributed by atoms with Crippen molar-refractivity contribution in [2.45, 2.75) is 12.0 Å². The van der Waals surface area contributed by atoms with Gasteiger partial charge in [0, 0.05) is 25.8 Å². The van der Waals surface area contributed by atoms with Gasteiger partial charge in [0.25, 0.3) is 5.91 Å². The lowest BCUT2D eigenvalue weighted by atomic mass is 10.00. The van der Waals surface area contributed by atoms with Gasteiger partial charge in [0.1, 0.15) is 17.8 Å². The van der Waals surface area contributed by atoms with E-state index in [0.717, 1.165) is 12.1 Å². The first-order valence-corrected chi connectivity index (χ1v) is 9.47. The molecule has 4 rings (SSSR count). The molecule has 1 amide bonds. The Morgan fingerprint density at radius 1 is 1.28 bits per heavy atom. The highest BCUT2D eigenvalue weighted by molar-refractivity contribution is 6.36.